The number of carbonyl (C=O) groups is 2. The number of aromatic carboxylic acids is 1. The Morgan fingerprint density at radius 3 is 2.00 bits per heavy atom. The number of anilines is 1. The minimum Gasteiger partial charge on any atom is -0.478 e. The van der Waals surface area contributed by atoms with Gasteiger partial charge in [-0.25, -0.2) is 4.79 Å². The molecule has 0 aliphatic carbocycles. The molecule has 0 radical (unpaired) electrons. The molecule has 0 saturated heterocycles. The number of para-hydroxylation sites is 1. The van der Waals surface area contributed by atoms with Gasteiger partial charge in [0.05, 0.1) is 10.5 Å². The molecule has 114 valence electrons. The second kappa shape index (κ2) is 7.75. The molecule has 0 aromatic heterocycles. The van der Waals surface area contributed by atoms with Crippen molar-refractivity contribution in [2.45, 2.75) is 0 Å². The number of benzene rings is 2. The average Bonchev–Trinajstić information content (AvgIpc) is 2.48. The summed E-state index contributed by atoms with van der Waals surface area (Å²) in [6.07, 6.45) is 0. The van der Waals surface area contributed by atoms with E-state index in [1.165, 1.54) is 30.3 Å². The number of non-ortho nitro benzene ring substituents is 1. The van der Waals surface area contributed by atoms with Crippen molar-refractivity contribution in [2.24, 2.45) is 0 Å². The van der Waals surface area contributed by atoms with E-state index in [0.29, 0.717) is 5.69 Å². The van der Waals surface area contributed by atoms with Gasteiger partial charge in [0.2, 0.25) is 0 Å². The summed E-state index contributed by atoms with van der Waals surface area (Å²) in [5.41, 5.74) is 5.99. The van der Waals surface area contributed by atoms with Crippen molar-refractivity contribution in [1.82, 2.24) is 0 Å². The molecule has 2 aromatic carbocycles. The van der Waals surface area contributed by atoms with E-state index in [4.69, 9.17) is 22.4 Å². The Hall–Kier alpha value is -2.93. The molecule has 2 aromatic rings. The van der Waals surface area contributed by atoms with Gasteiger partial charge in [0, 0.05) is 23.4 Å². The lowest BCUT2D eigenvalue weighted by molar-refractivity contribution is -0.384. The van der Waals surface area contributed by atoms with Crippen molar-refractivity contribution in [3.63, 3.8) is 0 Å². The van der Waals surface area contributed by atoms with Gasteiger partial charge in [-0.15, -0.1) is 0 Å². The minimum atomic E-state index is -0.988. The van der Waals surface area contributed by atoms with E-state index in [2.05, 4.69) is 0 Å². The third kappa shape index (κ3) is 4.88. The normalized spacial score (nSPS) is 9.32. The number of rotatable bonds is 3. The monoisotopic (exact) mass is 322 g/mol. The number of halogens is 1. The lowest BCUT2D eigenvalue weighted by Gasteiger charge is -1.96. The fourth-order valence-electron chi connectivity index (χ4n) is 1.41. The number of nitrogens with zero attached hydrogens (tertiary/aromatic N) is 1. The molecule has 0 fully saturated rings. The van der Waals surface area contributed by atoms with Crippen LogP contribution in [0.5, 0.6) is 0 Å². The number of carboxylic acid groups (broad SMARTS) is 1. The lowest BCUT2D eigenvalue weighted by atomic mass is 10.2. The molecular formula is C14H11ClN2O5. The smallest absolute Gasteiger partial charge is 0.337 e. The molecule has 2 rings (SSSR count). The largest absolute Gasteiger partial charge is 0.478 e. The van der Waals surface area contributed by atoms with E-state index in [0.717, 1.165) is 0 Å². The summed E-state index contributed by atoms with van der Waals surface area (Å²) in [5.74, 6) is -0.988. The van der Waals surface area contributed by atoms with E-state index in [1.54, 1.807) is 18.2 Å². The molecule has 0 aliphatic rings. The molecule has 0 unspecified atom stereocenters. The van der Waals surface area contributed by atoms with Crippen LogP contribution in [0.15, 0.2) is 48.5 Å². The second-order valence-electron chi connectivity index (χ2n) is 3.97. The topological polar surface area (TPSA) is 124 Å². The predicted molar refractivity (Wildman–Crippen MR) is 81.1 cm³/mol. The Kier molecular flexibility index (Phi) is 6.03. The van der Waals surface area contributed by atoms with Crippen molar-refractivity contribution >= 4 is 34.2 Å². The molecule has 0 spiro atoms. The van der Waals surface area contributed by atoms with Crippen molar-refractivity contribution in [1.29, 1.82) is 0 Å². The molecule has 0 aliphatic heterocycles. The van der Waals surface area contributed by atoms with Crippen LogP contribution in [0.25, 0.3) is 0 Å². The summed E-state index contributed by atoms with van der Waals surface area (Å²) in [5, 5.41) is 18.0. The van der Waals surface area contributed by atoms with Gasteiger partial charge in [-0.05, 0) is 35.9 Å². The number of hydrogen-bond acceptors (Lipinski definition) is 5. The number of carboxylic acids is 1. The summed E-state index contributed by atoms with van der Waals surface area (Å²) in [4.78, 5) is 30.5. The Morgan fingerprint density at radius 2 is 1.64 bits per heavy atom. The molecule has 3 N–H and O–H groups in total. The summed E-state index contributed by atoms with van der Waals surface area (Å²) in [6.45, 7) is 0. The zero-order chi connectivity index (χ0) is 16.7. The lowest BCUT2D eigenvalue weighted by Crippen LogP contribution is -2.00. The molecule has 0 heterocycles. The van der Waals surface area contributed by atoms with Crippen LogP contribution < -0.4 is 5.73 Å². The maximum Gasteiger partial charge on any atom is 0.337 e. The molecule has 8 heteroatoms. The average molecular weight is 323 g/mol. The summed E-state index contributed by atoms with van der Waals surface area (Å²) >= 11 is 5.13. The van der Waals surface area contributed by atoms with Gasteiger partial charge in [0.15, 0.2) is 0 Å². The van der Waals surface area contributed by atoms with Gasteiger partial charge in [-0.1, -0.05) is 12.1 Å². The third-order valence-electron chi connectivity index (χ3n) is 2.50. The first-order valence-corrected chi connectivity index (χ1v) is 6.22. The van der Waals surface area contributed by atoms with E-state index in [-0.39, 0.29) is 16.8 Å². The second-order valence-corrected chi connectivity index (χ2v) is 4.31. The minimum absolute atomic E-state index is 0.0586. The van der Waals surface area contributed by atoms with Crippen LogP contribution in [-0.2, 0) is 0 Å². The van der Waals surface area contributed by atoms with Gasteiger partial charge in [0.25, 0.3) is 10.9 Å². The van der Waals surface area contributed by atoms with Gasteiger partial charge in [-0.3, -0.25) is 14.9 Å². The molecule has 0 saturated carbocycles. The van der Waals surface area contributed by atoms with E-state index in [9.17, 15) is 19.7 Å². The van der Waals surface area contributed by atoms with Crippen LogP contribution in [0, 0.1) is 10.1 Å². The standard InChI is InChI=1S/C7H4ClNO3.C7H7NO2/c8-7(10)5-1-3-6(4-2-5)9(11)12;8-6-4-2-1-3-5(6)7(9)10/h1-4H;1-4H,8H2,(H,9,10). The van der Waals surface area contributed by atoms with Crippen LogP contribution in [0.3, 0.4) is 0 Å². The Morgan fingerprint density at radius 1 is 1.09 bits per heavy atom. The quantitative estimate of drug-likeness (QED) is 0.387. The maximum atomic E-state index is 10.5. The van der Waals surface area contributed by atoms with E-state index < -0.39 is 16.1 Å². The Labute approximate surface area is 130 Å². The van der Waals surface area contributed by atoms with Crippen molar-refractivity contribution in [2.75, 3.05) is 5.73 Å². The first-order chi connectivity index (χ1) is 10.3. The van der Waals surface area contributed by atoms with Crippen LogP contribution >= 0.6 is 11.6 Å². The zero-order valence-electron chi connectivity index (χ0n) is 11.1. The van der Waals surface area contributed by atoms with Crippen LogP contribution in [-0.4, -0.2) is 21.2 Å². The van der Waals surface area contributed by atoms with Gasteiger partial charge in [0.1, 0.15) is 0 Å². The van der Waals surface area contributed by atoms with Crippen LogP contribution in [0.1, 0.15) is 20.7 Å². The van der Waals surface area contributed by atoms with Crippen molar-refractivity contribution in [3.8, 4) is 0 Å². The number of nitro benzene ring substituents is 1. The molecule has 0 atom stereocenters. The summed E-state index contributed by atoms with van der Waals surface area (Å²) < 4.78 is 0. The highest BCUT2D eigenvalue weighted by molar-refractivity contribution is 6.67. The predicted octanol–water partition coefficient (Wildman–Crippen LogP) is 2.94. The molecule has 0 amide bonds. The maximum absolute atomic E-state index is 10.5. The van der Waals surface area contributed by atoms with Gasteiger partial charge in [-0.2, -0.15) is 0 Å². The van der Waals surface area contributed by atoms with E-state index >= 15 is 0 Å². The van der Waals surface area contributed by atoms with Gasteiger partial charge < -0.3 is 10.8 Å². The Bertz CT molecular complexity index is 668. The highest BCUT2D eigenvalue weighted by Crippen LogP contribution is 2.13. The highest BCUT2D eigenvalue weighted by atomic mass is 35.5. The number of hydrogen-bond donors (Lipinski definition) is 2. The third-order valence-corrected chi connectivity index (χ3v) is 2.71. The van der Waals surface area contributed by atoms with Crippen LogP contribution in [0.4, 0.5) is 11.4 Å². The van der Waals surface area contributed by atoms with E-state index in [1.807, 2.05) is 0 Å². The SMILES string of the molecule is Nc1ccccc1C(=O)O.O=C(Cl)c1ccc([N+](=O)[O-])cc1. The first kappa shape index (κ1) is 17.1. The summed E-state index contributed by atoms with van der Waals surface area (Å²) in [7, 11) is 0. The fourth-order valence-corrected chi connectivity index (χ4v) is 1.53. The summed E-state index contributed by atoms with van der Waals surface area (Å²) in [6, 6.07) is 11.5. The van der Waals surface area contributed by atoms with Crippen molar-refractivity contribution in [3.05, 3.63) is 69.8 Å². The fraction of sp³-hybridized carbons (Fsp3) is 0. The highest BCUT2D eigenvalue weighted by Gasteiger charge is 2.06. The number of carbonyl (C=O) groups excluding carboxylic acids is 1. The number of nitrogens with two attached hydrogens (primary N) is 1. The Balaban J connectivity index is 0.000000224. The van der Waals surface area contributed by atoms with Gasteiger partial charge >= 0.3 is 5.97 Å². The molecule has 0 bridgehead atoms. The number of nitro groups is 1. The zero-order valence-corrected chi connectivity index (χ0v) is 11.9. The first-order valence-electron chi connectivity index (χ1n) is 5.85. The van der Waals surface area contributed by atoms with Crippen molar-refractivity contribution < 1.29 is 19.6 Å². The molecule has 22 heavy (non-hydrogen) atoms. The van der Waals surface area contributed by atoms with Crippen LogP contribution in [0.2, 0.25) is 0 Å². The molecule has 7 nitrogen and oxygen atoms in total. The number of nitrogen functional groups attached to an aromatic ring is 1. The molecular weight excluding hydrogens is 312 g/mol.